The highest BCUT2D eigenvalue weighted by Crippen LogP contribution is 2.24. The topological polar surface area (TPSA) is 54.0 Å². The molecular formula is C18H26N2O3. The summed E-state index contributed by atoms with van der Waals surface area (Å²) in [4.78, 5) is 2.32. The molecule has 0 aromatic heterocycles. The van der Waals surface area contributed by atoms with Gasteiger partial charge in [-0.15, -0.1) is 0 Å². The first-order chi connectivity index (χ1) is 11.3. The van der Waals surface area contributed by atoms with Crippen LogP contribution in [0.2, 0.25) is 0 Å². The molecule has 23 heavy (non-hydrogen) atoms. The van der Waals surface area contributed by atoms with Crippen LogP contribution in [-0.2, 0) is 22.3 Å². The molecular weight excluding hydrogens is 292 g/mol. The normalized spacial score (nSPS) is 32.3. The van der Waals surface area contributed by atoms with Crippen molar-refractivity contribution in [3.05, 3.63) is 35.4 Å². The maximum absolute atomic E-state index is 10.6. The van der Waals surface area contributed by atoms with Crippen molar-refractivity contribution in [3.8, 4) is 0 Å². The van der Waals surface area contributed by atoms with E-state index in [-0.39, 0.29) is 12.1 Å². The summed E-state index contributed by atoms with van der Waals surface area (Å²) in [5.41, 5.74) is 2.87. The van der Waals surface area contributed by atoms with Gasteiger partial charge in [0.2, 0.25) is 0 Å². The smallest absolute Gasteiger partial charge is 0.0989 e. The lowest BCUT2D eigenvalue weighted by atomic mass is 10.1. The summed E-state index contributed by atoms with van der Waals surface area (Å²) in [6.07, 6.45) is 1.58. The van der Waals surface area contributed by atoms with E-state index in [4.69, 9.17) is 9.47 Å². The molecule has 2 heterocycles. The van der Waals surface area contributed by atoms with Crippen LogP contribution in [-0.4, -0.2) is 73.8 Å². The van der Waals surface area contributed by atoms with Gasteiger partial charge in [-0.2, -0.15) is 0 Å². The zero-order valence-corrected chi connectivity index (χ0v) is 13.5. The number of hydrogen-bond donors (Lipinski definition) is 2. The lowest BCUT2D eigenvalue weighted by Gasteiger charge is -2.30. The second-order valence-corrected chi connectivity index (χ2v) is 6.92. The molecule has 0 spiro atoms. The van der Waals surface area contributed by atoms with Crippen LogP contribution in [0.25, 0.3) is 0 Å². The van der Waals surface area contributed by atoms with Crippen LogP contribution in [0.3, 0.4) is 0 Å². The molecule has 2 aliphatic heterocycles. The highest BCUT2D eigenvalue weighted by atomic mass is 16.5. The Morgan fingerprint density at radius 3 is 2.52 bits per heavy atom. The number of fused-ring (bicyclic) bond motifs is 1. The van der Waals surface area contributed by atoms with Gasteiger partial charge in [0.15, 0.2) is 0 Å². The van der Waals surface area contributed by atoms with Crippen LogP contribution >= 0.6 is 0 Å². The van der Waals surface area contributed by atoms with Crippen molar-refractivity contribution in [1.29, 1.82) is 0 Å². The van der Waals surface area contributed by atoms with E-state index in [2.05, 4.69) is 34.5 Å². The van der Waals surface area contributed by atoms with Gasteiger partial charge in [0, 0.05) is 25.7 Å². The highest BCUT2D eigenvalue weighted by Gasteiger charge is 2.38. The van der Waals surface area contributed by atoms with Crippen molar-refractivity contribution in [2.24, 2.45) is 0 Å². The van der Waals surface area contributed by atoms with Gasteiger partial charge < -0.3 is 19.9 Å². The minimum Gasteiger partial charge on any atom is -0.389 e. The van der Waals surface area contributed by atoms with Crippen molar-refractivity contribution in [2.75, 3.05) is 39.5 Å². The second-order valence-electron chi connectivity index (χ2n) is 6.92. The lowest BCUT2D eigenvalue weighted by Crippen LogP contribution is -2.49. The van der Waals surface area contributed by atoms with Gasteiger partial charge in [0.05, 0.1) is 38.1 Å². The van der Waals surface area contributed by atoms with Crippen LogP contribution in [0.4, 0.5) is 0 Å². The number of aliphatic hydroxyl groups excluding tert-OH is 1. The quantitative estimate of drug-likeness (QED) is 0.831. The van der Waals surface area contributed by atoms with Crippen molar-refractivity contribution < 1.29 is 14.6 Å². The fourth-order valence-electron chi connectivity index (χ4n) is 4.01. The third-order valence-corrected chi connectivity index (χ3v) is 5.33. The van der Waals surface area contributed by atoms with Crippen LogP contribution in [0, 0.1) is 0 Å². The maximum Gasteiger partial charge on any atom is 0.0989 e. The molecule has 126 valence electrons. The van der Waals surface area contributed by atoms with Crippen molar-refractivity contribution in [1.82, 2.24) is 10.2 Å². The monoisotopic (exact) mass is 318 g/mol. The summed E-state index contributed by atoms with van der Waals surface area (Å²) in [6.45, 7) is 4.83. The molecule has 1 aromatic rings. The fourth-order valence-corrected chi connectivity index (χ4v) is 4.01. The summed E-state index contributed by atoms with van der Waals surface area (Å²) in [5, 5.41) is 14.2. The highest BCUT2D eigenvalue weighted by molar-refractivity contribution is 5.33. The average Bonchev–Trinajstić information content (AvgIpc) is 3.14. The summed E-state index contributed by atoms with van der Waals surface area (Å²) >= 11 is 0. The number of rotatable bonds is 4. The predicted molar refractivity (Wildman–Crippen MR) is 87.6 cm³/mol. The summed E-state index contributed by atoms with van der Waals surface area (Å²) < 4.78 is 11.2. The van der Waals surface area contributed by atoms with Gasteiger partial charge in [0.1, 0.15) is 0 Å². The number of morpholine rings is 1. The van der Waals surface area contributed by atoms with E-state index in [0.29, 0.717) is 12.6 Å². The molecule has 5 nitrogen and oxygen atoms in total. The van der Waals surface area contributed by atoms with Crippen molar-refractivity contribution in [3.63, 3.8) is 0 Å². The Balaban J connectivity index is 1.29. The number of hydrogen-bond acceptors (Lipinski definition) is 5. The van der Waals surface area contributed by atoms with Crippen molar-refractivity contribution >= 4 is 0 Å². The molecule has 3 atom stereocenters. The first-order valence-electron chi connectivity index (χ1n) is 8.72. The molecule has 2 saturated heterocycles. The minimum atomic E-state index is -0.429. The molecule has 0 bridgehead atoms. The lowest BCUT2D eigenvalue weighted by molar-refractivity contribution is -0.0182. The molecule has 1 aromatic carbocycles. The molecule has 0 saturated carbocycles. The Kier molecular flexibility index (Phi) is 4.64. The van der Waals surface area contributed by atoms with Gasteiger partial charge in [-0.05, 0) is 24.0 Å². The SMILES string of the molecule is OC1C(NC2Cc3ccccc3C2)COC1CN1CCOCC1. The van der Waals surface area contributed by atoms with Crippen LogP contribution in [0.15, 0.2) is 24.3 Å². The molecule has 4 rings (SSSR count). The second kappa shape index (κ2) is 6.87. The zero-order valence-electron chi connectivity index (χ0n) is 13.5. The first kappa shape index (κ1) is 15.5. The number of ether oxygens (including phenoxy) is 2. The number of benzene rings is 1. The van der Waals surface area contributed by atoms with E-state index in [1.165, 1.54) is 11.1 Å². The first-order valence-corrected chi connectivity index (χ1v) is 8.72. The third kappa shape index (κ3) is 3.44. The number of nitrogens with one attached hydrogen (secondary N) is 1. The van der Waals surface area contributed by atoms with Crippen LogP contribution in [0.5, 0.6) is 0 Å². The Bertz CT molecular complexity index is 508. The summed E-state index contributed by atoms with van der Waals surface area (Å²) in [7, 11) is 0. The van der Waals surface area contributed by atoms with Crippen LogP contribution in [0.1, 0.15) is 11.1 Å². The molecule has 0 radical (unpaired) electrons. The number of nitrogens with zero attached hydrogens (tertiary/aromatic N) is 1. The predicted octanol–water partition coefficient (Wildman–Crippen LogP) is 0.204. The zero-order chi connectivity index (χ0) is 15.6. The Hall–Kier alpha value is -0.980. The Labute approximate surface area is 137 Å². The van der Waals surface area contributed by atoms with E-state index in [1.807, 2.05) is 0 Å². The van der Waals surface area contributed by atoms with Gasteiger partial charge in [-0.3, -0.25) is 4.90 Å². The minimum absolute atomic E-state index is 0.0420. The summed E-state index contributed by atoms with van der Waals surface area (Å²) in [5.74, 6) is 0. The van der Waals surface area contributed by atoms with Gasteiger partial charge in [-0.25, -0.2) is 0 Å². The van der Waals surface area contributed by atoms with Crippen LogP contribution < -0.4 is 5.32 Å². The van der Waals surface area contributed by atoms with Gasteiger partial charge in [0.25, 0.3) is 0 Å². The average molecular weight is 318 g/mol. The molecule has 1 aliphatic carbocycles. The van der Waals surface area contributed by atoms with E-state index in [0.717, 1.165) is 45.7 Å². The Morgan fingerprint density at radius 2 is 1.83 bits per heavy atom. The number of aliphatic hydroxyl groups is 1. The Morgan fingerprint density at radius 1 is 1.13 bits per heavy atom. The van der Waals surface area contributed by atoms with Gasteiger partial charge >= 0.3 is 0 Å². The molecule has 2 fully saturated rings. The maximum atomic E-state index is 10.6. The van der Waals surface area contributed by atoms with E-state index in [9.17, 15) is 5.11 Å². The molecule has 3 unspecified atom stereocenters. The van der Waals surface area contributed by atoms with E-state index >= 15 is 0 Å². The molecule has 5 heteroatoms. The molecule has 2 N–H and O–H groups in total. The largest absolute Gasteiger partial charge is 0.389 e. The van der Waals surface area contributed by atoms with Crippen molar-refractivity contribution in [2.45, 2.75) is 37.1 Å². The van der Waals surface area contributed by atoms with Gasteiger partial charge in [-0.1, -0.05) is 24.3 Å². The molecule has 3 aliphatic rings. The summed E-state index contributed by atoms with van der Waals surface area (Å²) in [6, 6.07) is 9.08. The fraction of sp³-hybridized carbons (Fsp3) is 0.667. The standard InChI is InChI=1S/C18H26N2O3/c21-18-16(12-23-17(18)11-20-5-7-22-8-6-20)19-15-9-13-3-1-2-4-14(13)10-15/h1-4,15-19,21H,5-12H2. The van der Waals surface area contributed by atoms with E-state index < -0.39 is 6.10 Å². The molecule has 0 amide bonds. The third-order valence-electron chi connectivity index (χ3n) is 5.33. The van der Waals surface area contributed by atoms with E-state index in [1.54, 1.807) is 0 Å².